The van der Waals surface area contributed by atoms with E-state index < -0.39 is 0 Å². The van der Waals surface area contributed by atoms with Crippen LogP contribution in [0, 0.1) is 0 Å². The smallest absolute Gasteiger partial charge is 0.196 e. The van der Waals surface area contributed by atoms with E-state index in [0.29, 0.717) is 11.8 Å². The average molecular weight is 289 g/mol. The first kappa shape index (κ1) is 13.8. The molecule has 1 aromatic heterocycles. The Labute approximate surface area is 116 Å². The van der Waals surface area contributed by atoms with Crippen LogP contribution in [-0.4, -0.2) is 42.4 Å². The lowest BCUT2D eigenvalue weighted by atomic mass is 10.1. The topological polar surface area (TPSA) is 42.4 Å². The number of Topliss-reactive ketones (excluding diaryl/α,β-unsaturated/α-hetero) is 1. The molecule has 2 rings (SSSR count). The second-order valence-electron chi connectivity index (χ2n) is 4.21. The van der Waals surface area contributed by atoms with Gasteiger partial charge in [0.05, 0.1) is 12.0 Å². The third-order valence-electron chi connectivity index (χ3n) is 3.01. The fraction of sp³-hybridized carbons (Fsp3) is 0.667. The van der Waals surface area contributed by atoms with Gasteiger partial charge in [0.2, 0.25) is 0 Å². The highest BCUT2D eigenvalue weighted by Crippen LogP contribution is 2.25. The third-order valence-corrected chi connectivity index (χ3v) is 4.16. The normalized spacial score (nSPS) is 17.1. The van der Waals surface area contributed by atoms with Gasteiger partial charge in [-0.3, -0.25) is 4.79 Å². The quantitative estimate of drug-likeness (QED) is 0.617. The average Bonchev–Trinajstić information content (AvgIpc) is 2.89. The van der Waals surface area contributed by atoms with Gasteiger partial charge in [-0.05, 0) is 19.8 Å². The molecule has 0 amide bonds. The summed E-state index contributed by atoms with van der Waals surface area (Å²) in [5.41, 5.74) is 0.483. The Morgan fingerprint density at radius 2 is 2.33 bits per heavy atom. The monoisotopic (exact) mass is 288 g/mol. The molecule has 0 atom stereocenters. The summed E-state index contributed by atoms with van der Waals surface area (Å²) >= 11 is 7.03. The van der Waals surface area contributed by atoms with Crippen molar-refractivity contribution < 1.29 is 9.53 Å². The van der Waals surface area contributed by atoms with Crippen LogP contribution in [0.4, 0.5) is 5.13 Å². The fourth-order valence-electron chi connectivity index (χ4n) is 2.06. The molecular formula is C12H17ClN2O2S. The predicted molar refractivity (Wildman–Crippen MR) is 74.0 cm³/mol. The number of hydrogen-bond acceptors (Lipinski definition) is 5. The number of carbonyl (C=O) groups excluding carboxylic acids is 1. The van der Waals surface area contributed by atoms with Crippen LogP contribution in [0.3, 0.4) is 0 Å². The number of carbonyl (C=O) groups is 1. The van der Waals surface area contributed by atoms with Gasteiger partial charge in [-0.15, -0.1) is 22.9 Å². The minimum Gasteiger partial charge on any atom is -0.378 e. The van der Waals surface area contributed by atoms with E-state index in [1.807, 2.05) is 6.92 Å². The van der Waals surface area contributed by atoms with Gasteiger partial charge in [-0.1, -0.05) is 0 Å². The molecule has 1 fully saturated rings. The fourth-order valence-corrected chi connectivity index (χ4v) is 3.08. The number of alkyl halides is 1. The van der Waals surface area contributed by atoms with Gasteiger partial charge < -0.3 is 9.64 Å². The molecule has 100 valence electrons. The lowest BCUT2D eigenvalue weighted by Gasteiger charge is -2.31. The van der Waals surface area contributed by atoms with Crippen molar-refractivity contribution >= 4 is 33.9 Å². The Kier molecular flexibility index (Phi) is 4.97. The van der Waals surface area contributed by atoms with Crippen LogP contribution in [0.15, 0.2) is 5.38 Å². The second kappa shape index (κ2) is 6.50. The number of hydrogen-bond donors (Lipinski definition) is 0. The van der Waals surface area contributed by atoms with E-state index in [0.717, 1.165) is 37.7 Å². The Morgan fingerprint density at radius 3 is 2.94 bits per heavy atom. The number of ketones is 1. The molecule has 6 heteroatoms. The van der Waals surface area contributed by atoms with Crippen LogP contribution in [0.25, 0.3) is 0 Å². The summed E-state index contributed by atoms with van der Waals surface area (Å²) in [7, 11) is 0. The minimum atomic E-state index is -0.108. The van der Waals surface area contributed by atoms with Crippen LogP contribution in [0.1, 0.15) is 30.3 Å². The SMILES string of the molecule is CCOC1CCN(c2nc(C(=O)CCl)cs2)CC1. The molecule has 1 saturated heterocycles. The molecule has 0 saturated carbocycles. The Hall–Kier alpha value is -0.650. The molecule has 0 aliphatic carbocycles. The van der Waals surface area contributed by atoms with Gasteiger partial charge in [-0.2, -0.15) is 0 Å². The minimum absolute atomic E-state index is 0.00438. The molecular weight excluding hydrogens is 272 g/mol. The Balaban J connectivity index is 1.93. The van der Waals surface area contributed by atoms with E-state index in [2.05, 4.69) is 9.88 Å². The van der Waals surface area contributed by atoms with Crippen LogP contribution in [0.5, 0.6) is 0 Å². The summed E-state index contributed by atoms with van der Waals surface area (Å²) in [5, 5.41) is 2.70. The summed E-state index contributed by atoms with van der Waals surface area (Å²) in [5.74, 6) is -0.112. The summed E-state index contributed by atoms with van der Waals surface area (Å²) in [6.07, 6.45) is 2.41. The van der Waals surface area contributed by atoms with Crippen LogP contribution in [0.2, 0.25) is 0 Å². The number of aromatic nitrogens is 1. The van der Waals surface area contributed by atoms with Crippen molar-refractivity contribution in [2.24, 2.45) is 0 Å². The number of nitrogens with zero attached hydrogens (tertiary/aromatic N) is 2. The standard InChI is InChI=1S/C12H17ClN2O2S/c1-2-17-9-3-5-15(6-4-9)12-14-10(8-18-12)11(16)7-13/h8-9H,2-7H2,1H3. The molecule has 1 aromatic rings. The molecule has 0 aromatic carbocycles. The van der Waals surface area contributed by atoms with Gasteiger partial charge in [0.25, 0.3) is 0 Å². The van der Waals surface area contributed by atoms with E-state index in [1.165, 1.54) is 11.3 Å². The lowest BCUT2D eigenvalue weighted by Crippen LogP contribution is -2.37. The van der Waals surface area contributed by atoms with Gasteiger partial charge in [0.15, 0.2) is 10.9 Å². The molecule has 2 heterocycles. The highest BCUT2D eigenvalue weighted by molar-refractivity contribution is 7.14. The van der Waals surface area contributed by atoms with E-state index in [4.69, 9.17) is 16.3 Å². The van der Waals surface area contributed by atoms with Crippen molar-refractivity contribution in [3.63, 3.8) is 0 Å². The van der Waals surface area contributed by atoms with E-state index in [-0.39, 0.29) is 11.7 Å². The molecule has 0 bridgehead atoms. The van der Waals surface area contributed by atoms with E-state index in [9.17, 15) is 4.79 Å². The first-order valence-corrected chi connectivity index (χ1v) is 7.57. The lowest BCUT2D eigenvalue weighted by molar-refractivity contribution is 0.0459. The van der Waals surface area contributed by atoms with Crippen molar-refractivity contribution in [1.82, 2.24) is 4.98 Å². The first-order chi connectivity index (χ1) is 8.74. The van der Waals surface area contributed by atoms with E-state index in [1.54, 1.807) is 5.38 Å². The third kappa shape index (κ3) is 3.22. The number of anilines is 1. The number of thiazole rings is 1. The Bertz CT molecular complexity index is 403. The van der Waals surface area contributed by atoms with Crippen molar-refractivity contribution in [2.45, 2.75) is 25.9 Å². The number of ether oxygens (including phenoxy) is 1. The molecule has 0 radical (unpaired) electrons. The van der Waals surface area contributed by atoms with E-state index >= 15 is 0 Å². The highest BCUT2D eigenvalue weighted by atomic mass is 35.5. The van der Waals surface area contributed by atoms with Gasteiger partial charge in [0.1, 0.15) is 5.69 Å². The van der Waals surface area contributed by atoms with Crippen molar-refractivity contribution in [2.75, 3.05) is 30.5 Å². The second-order valence-corrected chi connectivity index (χ2v) is 5.32. The zero-order valence-electron chi connectivity index (χ0n) is 10.4. The molecule has 1 aliphatic heterocycles. The van der Waals surface area contributed by atoms with Gasteiger partial charge in [-0.25, -0.2) is 4.98 Å². The zero-order chi connectivity index (χ0) is 13.0. The maximum atomic E-state index is 11.4. The molecule has 18 heavy (non-hydrogen) atoms. The summed E-state index contributed by atoms with van der Waals surface area (Å²) in [6, 6.07) is 0. The number of piperidine rings is 1. The van der Waals surface area contributed by atoms with Crippen LogP contribution >= 0.6 is 22.9 Å². The molecule has 0 unspecified atom stereocenters. The highest BCUT2D eigenvalue weighted by Gasteiger charge is 2.22. The van der Waals surface area contributed by atoms with Gasteiger partial charge >= 0.3 is 0 Å². The largest absolute Gasteiger partial charge is 0.378 e. The van der Waals surface area contributed by atoms with Gasteiger partial charge in [0, 0.05) is 25.1 Å². The van der Waals surface area contributed by atoms with Crippen molar-refractivity contribution in [3.8, 4) is 0 Å². The molecule has 0 N–H and O–H groups in total. The number of rotatable bonds is 5. The predicted octanol–water partition coefficient (Wildman–Crippen LogP) is 2.57. The van der Waals surface area contributed by atoms with Crippen molar-refractivity contribution in [1.29, 1.82) is 0 Å². The molecule has 4 nitrogen and oxygen atoms in total. The maximum absolute atomic E-state index is 11.4. The summed E-state index contributed by atoms with van der Waals surface area (Å²) in [6.45, 7) is 4.67. The summed E-state index contributed by atoms with van der Waals surface area (Å²) in [4.78, 5) is 18.0. The van der Waals surface area contributed by atoms with Crippen LogP contribution in [-0.2, 0) is 4.74 Å². The molecule has 0 spiro atoms. The zero-order valence-corrected chi connectivity index (χ0v) is 12.0. The van der Waals surface area contributed by atoms with Crippen molar-refractivity contribution in [3.05, 3.63) is 11.1 Å². The Morgan fingerprint density at radius 1 is 1.61 bits per heavy atom. The van der Waals surface area contributed by atoms with Crippen LogP contribution < -0.4 is 4.90 Å². The first-order valence-electron chi connectivity index (χ1n) is 6.15. The molecule has 1 aliphatic rings. The maximum Gasteiger partial charge on any atom is 0.196 e. The summed E-state index contributed by atoms with van der Waals surface area (Å²) < 4.78 is 5.61. The number of halogens is 1.